The molecule has 0 unspecified atom stereocenters. The number of ketones is 1. The van der Waals surface area contributed by atoms with Crippen LogP contribution in [-0.2, 0) is 33.3 Å². The number of epoxide rings is 1. The van der Waals surface area contributed by atoms with Crippen molar-refractivity contribution in [2.45, 2.75) is 128 Å². The van der Waals surface area contributed by atoms with Crippen LogP contribution in [0.2, 0.25) is 0 Å². The molecule has 4 aliphatic heterocycles. The monoisotopic (exact) mass is 610 g/mol. The second-order valence-corrected chi connectivity index (χ2v) is 16.0. The Morgan fingerprint density at radius 2 is 1.80 bits per heavy atom. The van der Waals surface area contributed by atoms with Crippen LogP contribution in [0.15, 0.2) is 23.0 Å². The summed E-state index contributed by atoms with van der Waals surface area (Å²) >= 11 is 0. The van der Waals surface area contributed by atoms with Gasteiger partial charge in [-0.1, -0.05) is 40.0 Å². The predicted molar refractivity (Wildman–Crippen MR) is 155 cm³/mol. The van der Waals surface area contributed by atoms with Gasteiger partial charge in [-0.05, 0) is 69.3 Å². The van der Waals surface area contributed by atoms with Gasteiger partial charge in [0.1, 0.15) is 24.4 Å². The van der Waals surface area contributed by atoms with Crippen molar-refractivity contribution in [1.29, 1.82) is 0 Å². The average molecular weight is 611 g/mol. The fourth-order valence-electron chi connectivity index (χ4n) is 12.1. The zero-order valence-electron chi connectivity index (χ0n) is 26.3. The van der Waals surface area contributed by atoms with Crippen molar-refractivity contribution in [3.8, 4) is 0 Å². The molecule has 5 heterocycles. The molecular weight excluding hydrogens is 564 g/mol. The van der Waals surface area contributed by atoms with Crippen LogP contribution in [0.25, 0.3) is 0 Å². The van der Waals surface area contributed by atoms with Gasteiger partial charge in [0.15, 0.2) is 11.9 Å². The molecule has 3 aliphatic carbocycles. The summed E-state index contributed by atoms with van der Waals surface area (Å²) in [7, 11) is 0. The molecule has 7 fully saturated rings. The third-order valence-corrected chi connectivity index (χ3v) is 13.7. The molecule has 3 saturated carbocycles. The van der Waals surface area contributed by atoms with E-state index >= 15 is 4.79 Å². The summed E-state index contributed by atoms with van der Waals surface area (Å²) in [6.45, 7) is 8.53. The van der Waals surface area contributed by atoms with Crippen molar-refractivity contribution < 1.29 is 42.9 Å². The molecule has 2 spiro atoms. The van der Waals surface area contributed by atoms with E-state index in [9.17, 15) is 14.7 Å². The first-order chi connectivity index (χ1) is 21.0. The van der Waals surface area contributed by atoms with Crippen molar-refractivity contribution in [1.82, 2.24) is 0 Å². The normalized spacial score (nSPS) is 49.7. The lowest BCUT2D eigenvalue weighted by atomic mass is 9.33. The number of carbonyl (C=O) groups excluding carboxylic acids is 3. The zero-order valence-corrected chi connectivity index (χ0v) is 26.3. The number of aliphatic hydroxyl groups excluding tert-OH is 1. The number of cyclic esters (lactones) is 2. The van der Waals surface area contributed by atoms with Gasteiger partial charge in [-0.25, -0.2) is 4.79 Å². The summed E-state index contributed by atoms with van der Waals surface area (Å²) in [5, 5.41) is 12.9. The highest BCUT2D eigenvalue weighted by Crippen LogP contribution is 2.82. The number of fused-ring (bicyclic) bond motifs is 1. The van der Waals surface area contributed by atoms with Gasteiger partial charge in [0.05, 0.1) is 36.6 Å². The van der Waals surface area contributed by atoms with Crippen LogP contribution < -0.4 is 0 Å². The third-order valence-electron chi connectivity index (χ3n) is 13.7. The van der Waals surface area contributed by atoms with Crippen LogP contribution in [-0.4, -0.2) is 58.9 Å². The standard InChI is InChI=1S/C35H46O9/c1-19(2)10-14-32(4)26-25(37)27(38)34(21-8-6-5-7-9-21)22(33(26)18-41-24(36)16-23(33)43-32)11-13-31(3)28(20-12-15-40-17-20)42-30(39)29-35(31,34)44-29/h12,15,17,19,21-23,26-29,38H,5-11,13-14,16,18H2,1-4H3/t22-,23+,26-,27-,28+,29-,31+,32+,33+,34+,35-/m1/s1. The molecule has 0 bridgehead atoms. The van der Waals surface area contributed by atoms with E-state index in [4.69, 9.17) is 23.4 Å². The van der Waals surface area contributed by atoms with Crippen LogP contribution >= 0.6 is 0 Å². The third kappa shape index (κ3) is 3.29. The van der Waals surface area contributed by atoms with E-state index in [-0.39, 0.29) is 36.6 Å². The van der Waals surface area contributed by atoms with E-state index in [1.54, 1.807) is 12.5 Å². The first kappa shape index (κ1) is 29.2. The Morgan fingerprint density at radius 3 is 2.50 bits per heavy atom. The van der Waals surface area contributed by atoms with Crippen LogP contribution in [0.5, 0.6) is 0 Å². The largest absolute Gasteiger partial charge is 0.472 e. The first-order valence-electron chi connectivity index (χ1n) is 16.9. The molecule has 8 rings (SSSR count). The minimum atomic E-state index is -1.34. The maximum absolute atomic E-state index is 15.2. The molecule has 11 atom stereocenters. The number of furan rings is 1. The molecule has 1 aromatic heterocycles. The van der Waals surface area contributed by atoms with E-state index in [0.717, 1.165) is 44.1 Å². The van der Waals surface area contributed by atoms with Crippen molar-refractivity contribution in [3.05, 3.63) is 24.2 Å². The maximum atomic E-state index is 15.2. The van der Waals surface area contributed by atoms with E-state index in [2.05, 4.69) is 20.8 Å². The number of aliphatic hydroxyl groups is 1. The van der Waals surface area contributed by atoms with Crippen LogP contribution in [0, 0.1) is 39.9 Å². The molecule has 1 N–H and O–H groups in total. The summed E-state index contributed by atoms with van der Waals surface area (Å²) in [5.74, 6) is -1.50. The quantitative estimate of drug-likeness (QED) is 0.359. The van der Waals surface area contributed by atoms with E-state index < -0.39 is 63.8 Å². The summed E-state index contributed by atoms with van der Waals surface area (Å²) in [4.78, 5) is 41.8. The first-order valence-corrected chi connectivity index (χ1v) is 16.9. The van der Waals surface area contributed by atoms with Gasteiger partial charge < -0.3 is 28.5 Å². The fraction of sp³-hybridized carbons (Fsp3) is 0.800. The minimum absolute atomic E-state index is 0.0446. The fourth-order valence-corrected chi connectivity index (χ4v) is 12.1. The lowest BCUT2D eigenvalue weighted by Crippen LogP contribution is -2.79. The smallest absolute Gasteiger partial charge is 0.339 e. The molecule has 240 valence electrons. The molecule has 7 aliphatic rings. The summed E-state index contributed by atoms with van der Waals surface area (Å²) in [5.41, 5.74) is -3.78. The minimum Gasteiger partial charge on any atom is -0.472 e. The van der Waals surface area contributed by atoms with Gasteiger partial charge in [-0.15, -0.1) is 0 Å². The highest BCUT2D eigenvalue weighted by atomic mass is 16.7. The summed E-state index contributed by atoms with van der Waals surface area (Å²) < 4.78 is 31.3. The average Bonchev–Trinajstić information content (AvgIpc) is 3.43. The molecule has 9 nitrogen and oxygen atoms in total. The van der Waals surface area contributed by atoms with Gasteiger partial charge in [0.2, 0.25) is 0 Å². The van der Waals surface area contributed by atoms with Gasteiger partial charge >= 0.3 is 11.9 Å². The number of Topliss-reactive ketones (excluding diaryl/α,β-unsaturated/α-hetero) is 1. The highest BCUT2D eigenvalue weighted by Gasteiger charge is 2.92. The van der Waals surface area contributed by atoms with E-state index in [1.807, 2.05) is 13.0 Å². The maximum Gasteiger partial charge on any atom is 0.339 e. The Bertz CT molecular complexity index is 1370. The zero-order chi connectivity index (χ0) is 30.9. The molecule has 44 heavy (non-hydrogen) atoms. The van der Waals surface area contributed by atoms with Crippen LogP contribution in [0.4, 0.5) is 0 Å². The van der Waals surface area contributed by atoms with Crippen LogP contribution in [0.3, 0.4) is 0 Å². The van der Waals surface area contributed by atoms with E-state index in [0.29, 0.717) is 25.2 Å². The lowest BCUT2D eigenvalue weighted by molar-refractivity contribution is -0.275. The van der Waals surface area contributed by atoms with Crippen molar-refractivity contribution in [2.24, 2.45) is 39.9 Å². The summed E-state index contributed by atoms with van der Waals surface area (Å²) in [6, 6.07) is 1.83. The Morgan fingerprint density at radius 1 is 1.02 bits per heavy atom. The number of esters is 2. The molecule has 0 aromatic carbocycles. The highest BCUT2D eigenvalue weighted by molar-refractivity contribution is 5.92. The SMILES string of the molecule is CC(C)CC[C@]1(C)O[C@H]2CC(=O)OC[C@]23[C@H]2CC[C@@]4(C)[C@H](c5ccoc5)OC(=O)[C@H]5O[C@]54[C@]2(C2CCCCC2)[C@H](O)C(=O)[C@@H]31. The Kier molecular flexibility index (Phi) is 6.24. The molecule has 0 amide bonds. The Labute approximate surface area is 258 Å². The molecule has 9 heteroatoms. The molecule has 1 aromatic rings. The van der Waals surface area contributed by atoms with Crippen LogP contribution in [0.1, 0.15) is 104 Å². The second-order valence-electron chi connectivity index (χ2n) is 16.0. The number of ether oxygens (including phenoxy) is 4. The number of carbonyl (C=O) groups is 3. The predicted octanol–water partition coefficient (Wildman–Crippen LogP) is 5.08. The van der Waals surface area contributed by atoms with Gasteiger partial charge in [0, 0.05) is 21.8 Å². The number of rotatable bonds is 5. The van der Waals surface area contributed by atoms with Crippen molar-refractivity contribution in [2.75, 3.05) is 6.61 Å². The molecule has 0 radical (unpaired) electrons. The lowest BCUT2D eigenvalue weighted by Gasteiger charge is -2.70. The van der Waals surface area contributed by atoms with Crippen molar-refractivity contribution in [3.63, 3.8) is 0 Å². The Hall–Kier alpha value is -2.23. The van der Waals surface area contributed by atoms with Gasteiger partial charge in [0.25, 0.3) is 0 Å². The Balaban J connectivity index is 1.36. The number of hydrogen-bond acceptors (Lipinski definition) is 9. The summed E-state index contributed by atoms with van der Waals surface area (Å²) in [6.07, 6.45) is 7.55. The van der Waals surface area contributed by atoms with Gasteiger partial charge in [-0.3, -0.25) is 9.59 Å². The van der Waals surface area contributed by atoms with Gasteiger partial charge in [-0.2, -0.15) is 0 Å². The van der Waals surface area contributed by atoms with Crippen molar-refractivity contribution >= 4 is 17.7 Å². The second kappa shape index (κ2) is 9.41. The topological polar surface area (TPSA) is 125 Å². The molecule has 4 saturated heterocycles. The molecular formula is C35H46O9. The number of hydrogen-bond donors (Lipinski definition) is 1. The van der Waals surface area contributed by atoms with E-state index in [1.165, 1.54) is 0 Å².